The van der Waals surface area contributed by atoms with Gasteiger partial charge in [-0.25, -0.2) is 0 Å². The second-order valence-electron chi connectivity index (χ2n) is 4.11. The Morgan fingerprint density at radius 2 is 2.43 bits per heavy atom. The summed E-state index contributed by atoms with van der Waals surface area (Å²) in [5.41, 5.74) is 8.10. The standard InChI is InChI=1S/C11H16N2O/c1-9-3-2-4-10(13-9)7-11(12)5-6-14-8-11/h2-4H,5-8,12H2,1H3. The van der Waals surface area contributed by atoms with Gasteiger partial charge in [-0.15, -0.1) is 0 Å². The Bertz CT molecular complexity index is 319. The van der Waals surface area contributed by atoms with Crippen LogP contribution >= 0.6 is 0 Å². The lowest BCUT2D eigenvalue weighted by molar-refractivity contribution is 0.178. The smallest absolute Gasteiger partial charge is 0.0650 e. The van der Waals surface area contributed by atoms with Crippen LogP contribution in [0.15, 0.2) is 18.2 Å². The van der Waals surface area contributed by atoms with Gasteiger partial charge in [-0.1, -0.05) is 6.07 Å². The summed E-state index contributed by atoms with van der Waals surface area (Å²) in [4.78, 5) is 4.45. The van der Waals surface area contributed by atoms with Gasteiger partial charge in [-0.3, -0.25) is 4.98 Å². The molecule has 1 unspecified atom stereocenters. The van der Waals surface area contributed by atoms with Crippen molar-refractivity contribution in [3.05, 3.63) is 29.6 Å². The lowest BCUT2D eigenvalue weighted by atomic mass is 9.94. The minimum Gasteiger partial charge on any atom is -0.379 e. The summed E-state index contributed by atoms with van der Waals surface area (Å²) >= 11 is 0. The van der Waals surface area contributed by atoms with E-state index in [0.717, 1.165) is 30.8 Å². The van der Waals surface area contributed by atoms with Crippen molar-refractivity contribution in [2.45, 2.75) is 25.3 Å². The molecule has 3 nitrogen and oxygen atoms in total. The highest BCUT2D eigenvalue weighted by Crippen LogP contribution is 2.19. The molecule has 1 aliphatic rings. The molecule has 0 saturated carbocycles. The number of ether oxygens (including phenoxy) is 1. The quantitative estimate of drug-likeness (QED) is 0.762. The maximum Gasteiger partial charge on any atom is 0.0650 e. The number of aromatic nitrogens is 1. The number of pyridine rings is 1. The number of rotatable bonds is 2. The molecule has 0 spiro atoms. The molecular formula is C11H16N2O. The summed E-state index contributed by atoms with van der Waals surface area (Å²) in [5, 5.41) is 0. The maximum atomic E-state index is 6.18. The van der Waals surface area contributed by atoms with Gasteiger partial charge in [0.05, 0.1) is 6.61 Å². The zero-order valence-electron chi connectivity index (χ0n) is 8.49. The fraction of sp³-hybridized carbons (Fsp3) is 0.545. The van der Waals surface area contributed by atoms with Crippen LogP contribution in [0.5, 0.6) is 0 Å². The van der Waals surface area contributed by atoms with E-state index in [1.54, 1.807) is 0 Å². The van der Waals surface area contributed by atoms with Crippen LogP contribution in [0.4, 0.5) is 0 Å². The Morgan fingerprint density at radius 3 is 3.07 bits per heavy atom. The first-order valence-electron chi connectivity index (χ1n) is 4.97. The zero-order chi connectivity index (χ0) is 10.0. The molecule has 2 N–H and O–H groups in total. The van der Waals surface area contributed by atoms with Gasteiger partial charge >= 0.3 is 0 Å². The van der Waals surface area contributed by atoms with Gasteiger partial charge in [0.15, 0.2) is 0 Å². The minimum absolute atomic E-state index is 0.194. The monoisotopic (exact) mass is 192 g/mol. The third kappa shape index (κ3) is 2.11. The van der Waals surface area contributed by atoms with E-state index in [4.69, 9.17) is 10.5 Å². The predicted molar refractivity (Wildman–Crippen MR) is 55.0 cm³/mol. The number of hydrogen-bond acceptors (Lipinski definition) is 3. The largest absolute Gasteiger partial charge is 0.379 e. The van der Waals surface area contributed by atoms with Gasteiger partial charge in [0.1, 0.15) is 0 Å². The van der Waals surface area contributed by atoms with E-state index in [0.29, 0.717) is 6.61 Å². The molecule has 1 aromatic heterocycles. The number of nitrogens with zero attached hydrogens (tertiary/aromatic N) is 1. The highest BCUT2D eigenvalue weighted by molar-refractivity contribution is 5.13. The molecule has 0 radical (unpaired) electrons. The van der Waals surface area contributed by atoms with Crippen LogP contribution in [0, 0.1) is 6.92 Å². The summed E-state index contributed by atoms with van der Waals surface area (Å²) in [6.07, 6.45) is 1.75. The van der Waals surface area contributed by atoms with Gasteiger partial charge in [0.2, 0.25) is 0 Å². The van der Waals surface area contributed by atoms with E-state index in [9.17, 15) is 0 Å². The number of aryl methyl sites for hydroxylation is 1. The average molecular weight is 192 g/mol. The maximum absolute atomic E-state index is 6.18. The van der Waals surface area contributed by atoms with E-state index < -0.39 is 0 Å². The van der Waals surface area contributed by atoms with Crippen molar-refractivity contribution in [2.75, 3.05) is 13.2 Å². The minimum atomic E-state index is -0.194. The van der Waals surface area contributed by atoms with Crippen molar-refractivity contribution in [1.82, 2.24) is 4.98 Å². The molecule has 0 amide bonds. The molecular weight excluding hydrogens is 176 g/mol. The van der Waals surface area contributed by atoms with E-state index in [1.807, 2.05) is 25.1 Å². The Hall–Kier alpha value is -0.930. The number of hydrogen-bond donors (Lipinski definition) is 1. The van der Waals surface area contributed by atoms with Crippen molar-refractivity contribution in [2.24, 2.45) is 5.73 Å². The van der Waals surface area contributed by atoms with Crippen molar-refractivity contribution < 1.29 is 4.74 Å². The zero-order valence-corrected chi connectivity index (χ0v) is 8.49. The molecule has 1 aromatic rings. The fourth-order valence-electron chi connectivity index (χ4n) is 1.82. The van der Waals surface area contributed by atoms with Crippen LogP contribution < -0.4 is 5.73 Å². The van der Waals surface area contributed by atoms with Gasteiger partial charge in [0, 0.05) is 30.0 Å². The topological polar surface area (TPSA) is 48.1 Å². The second kappa shape index (κ2) is 3.67. The Morgan fingerprint density at radius 1 is 1.57 bits per heavy atom. The summed E-state index contributed by atoms with van der Waals surface area (Å²) in [7, 11) is 0. The van der Waals surface area contributed by atoms with Crippen molar-refractivity contribution >= 4 is 0 Å². The molecule has 1 fully saturated rings. The second-order valence-corrected chi connectivity index (χ2v) is 4.11. The van der Waals surface area contributed by atoms with Crippen molar-refractivity contribution in [1.29, 1.82) is 0 Å². The number of nitrogens with two attached hydrogens (primary N) is 1. The van der Waals surface area contributed by atoms with Crippen LogP contribution in [0.25, 0.3) is 0 Å². The molecule has 0 bridgehead atoms. The summed E-state index contributed by atoms with van der Waals surface area (Å²) < 4.78 is 5.31. The first-order valence-corrected chi connectivity index (χ1v) is 4.97. The third-order valence-electron chi connectivity index (χ3n) is 2.61. The molecule has 2 heterocycles. The van der Waals surface area contributed by atoms with Gasteiger partial charge in [0.25, 0.3) is 0 Å². The van der Waals surface area contributed by atoms with E-state index in [2.05, 4.69) is 4.98 Å². The lowest BCUT2D eigenvalue weighted by Crippen LogP contribution is -2.42. The molecule has 2 rings (SSSR count). The normalized spacial score (nSPS) is 26.7. The van der Waals surface area contributed by atoms with Crippen LogP contribution in [0.2, 0.25) is 0 Å². The first kappa shape index (κ1) is 9.62. The molecule has 76 valence electrons. The highest BCUT2D eigenvalue weighted by atomic mass is 16.5. The van der Waals surface area contributed by atoms with Crippen LogP contribution in [-0.2, 0) is 11.2 Å². The summed E-state index contributed by atoms with van der Waals surface area (Å²) in [5.74, 6) is 0. The fourth-order valence-corrected chi connectivity index (χ4v) is 1.82. The molecule has 14 heavy (non-hydrogen) atoms. The Labute approximate surface area is 84.3 Å². The van der Waals surface area contributed by atoms with Crippen LogP contribution in [-0.4, -0.2) is 23.7 Å². The molecule has 1 aliphatic heterocycles. The third-order valence-corrected chi connectivity index (χ3v) is 2.61. The van der Waals surface area contributed by atoms with Crippen LogP contribution in [0.1, 0.15) is 17.8 Å². The van der Waals surface area contributed by atoms with Crippen molar-refractivity contribution in [3.8, 4) is 0 Å². The van der Waals surface area contributed by atoms with Gasteiger partial charge in [-0.05, 0) is 25.5 Å². The lowest BCUT2D eigenvalue weighted by Gasteiger charge is -2.20. The summed E-state index contributed by atoms with van der Waals surface area (Å²) in [6, 6.07) is 6.05. The Balaban J connectivity index is 2.10. The van der Waals surface area contributed by atoms with Crippen LogP contribution in [0.3, 0.4) is 0 Å². The predicted octanol–water partition coefficient (Wildman–Crippen LogP) is 1.05. The van der Waals surface area contributed by atoms with E-state index in [1.165, 1.54) is 0 Å². The average Bonchev–Trinajstić information content (AvgIpc) is 2.51. The first-order chi connectivity index (χ1) is 6.68. The Kier molecular flexibility index (Phi) is 2.52. The molecule has 1 atom stereocenters. The SMILES string of the molecule is Cc1cccc(CC2(N)CCOC2)n1. The molecule has 3 heteroatoms. The van der Waals surface area contributed by atoms with Gasteiger partial charge in [-0.2, -0.15) is 0 Å². The molecule has 1 saturated heterocycles. The highest BCUT2D eigenvalue weighted by Gasteiger charge is 2.30. The molecule has 0 aromatic carbocycles. The van der Waals surface area contributed by atoms with Crippen molar-refractivity contribution in [3.63, 3.8) is 0 Å². The van der Waals surface area contributed by atoms with Gasteiger partial charge < -0.3 is 10.5 Å². The van der Waals surface area contributed by atoms with E-state index >= 15 is 0 Å². The summed E-state index contributed by atoms with van der Waals surface area (Å²) in [6.45, 7) is 3.43. The van der Waals surface area contributed by atoms with E-state index in [-0.39, 0.29) is 5.54 Å². The molecule has 0 aliphatic carbocycles.